The van der Waals surface area contributed by atoms with Crippen LogP contribution < -0.4 is 0 Å². The molecule has 0 aliphatic heterocycles. The van der Waals surface area contributed by atoms with Gasteiger partial charge < -0.3 is 5.11 Å². The van der Waals surface area contributed by atoms with Gasteiger partial charge in [-0.2, -0.15) is 5.26 Å². The summed E-state index contributed by atoms with van der Waals surface area (Å²) in [5.41, 5.74) is 3.45. The number of hydrogen-bond acceptors (Lipinski definition) is 2. The van der Waals surface area contributed by atoms with Gasteiger partial charge in [-0.05, 0) is 41.3 Å². The molecule has 2 aromatic carbocycles. The molecule has 0 aromatic heterocycles. The van der Waals surface area contributed by atoms with Crippen molar-refractivity contribution in [1.82, 2.24) is 0 Å². The Morgan fingerprint density at radius 1 is 1.17 bits per heavy atom. The summed E-state index contributed by atoms with van der Waals surface area (Å²) >= 11 is 0. The molecule has 0 spiro atoms. The Kier molecular flexibility index (Phi) is 3.40. The highest BCUT2D eigenvalue weighted by molar-refractivity contribution is 5.65. The van der Waals surface area contributed by atoms with Crippen molar-refractivity contribution in [2.75, 3.05) is 0 Å². The van der Waals surface area contributed by atoms with Gasteiger partial charge in [-0.25, -0.2) is 4.39 Å². The summed E-state index contributed by atoms with van der Waals surface area (Å²) in [4.78, 5) is 0. The smallest absolute Gasteiger partial charge is 0.141 e. The minimum Gasteiger partial charge on any atom is -0.392 e. The van der Waals surface area contributed by atoms with E-state index in [9.17, 15) is 4.39 Å². The van der Waals surface area contributed by atoms with E-state index in [2.05, 4.69) is 0 Å². The third-order valence-electron chi connectivity index (χ3n) is 2.94. The molecule has 0 saturated carbocycles. The van der Waals surface area contributed by atoms with Crippen LogP contribution in [0, 0.1) is 24.1 Å². The first kappa shape index (κ1) is 12.3. The van der Waals surface area contributed by atoms with Crippen LogP contribution in [-0.2, 0) is 6.61 Å². The van der Waals surface area contributed by atoms with Crippen molar-refractivity contribution >= 4 is 0 Å². The second-order valence-corrected chi connectivity index (χ2v) is 4.11. The van der Waals surface area contributed by atoms with E-state index in [0.29, 0.717) is 0 Å². The zero-order chi connectivity index (χ0) is 13.1. The summed E-state index contributed by atoms with van der Waals surface area (Å²) in [5, 5.41) is 17.8. The summed E-state index contributed by atoms with van der Waals surface area (Å²) in [6.45, 7) is 1.89. The first-order valence-corrected chi connectivity index (χ1v) is 5.56. The van der Waals surface area contributed by atoms with E-state index < -0.39 is 5.82 Å². The van der Waals surface area contributed by atoms with Crippen LogP contribution in [0.2, 0.25) is 0 Å². The SMILES string of the molecule is Cc1cc(-c2ccc(C#N)c(F)c2)ccc1CO. The third kappa shape index (κ3) is 2.24. The molecule has 0 aliphatic carbocycles. The van der Waals surface area contributed by atoms with Crippen molar-refractivity contribution in [1.29, 1.82) is 5.26 Å². The van der Waals surface area contributed by atoms with Crippen LogP contribution in [0.3, 0.4) is 0 Å². The number of nitrogens with zero attached hydrogens (tertiary/aromatic N) is 1. The fourth-order valence-electron chi connectivity index (χ4n) is 1.84. The van der Waals surface area contributed by atoms with Crippen LogP contribution in [0.4, 0.5) is 4.39 Å². The van der Waals surface area contributed by atoms with Crippen LogP contribution in [0.15, 0.2) is 36.4 Å². The van der Waals surface area contributed by atoms with Crippen molar-refractivity contribution in [3.8, 4) is 17.2 Å². The highest BCUT2D eigenvalue weighted by Gasteiger charge is 2.06. The molecule has 2 rings (SSSR count). The van der Waals surface area contributed by atoms with Crippen molar-refractivity contribution in [2.45, 2.75) is 13.5 Å². The van der Waals surface area contributed by atoms with Crippen molar-refractivity contribution in [3.05, 3.63) is 58.9 Å². The molecule has 2 nitrogen and oxygen atoms in total. The second-order valence-electron chi connectivity index (χ2n) is 4.11. The van der Waals surface area contributed by atoms with E-state index in [0.717, 1.165) is 22.3 Å². The fraction of sp³-hybridized carbons (Fsp3) is 0.133. The number of hydrogen-bond donors (Lipinski definition) is 1. The molecule has 3 heteroatoms. The van der Waals surface area contributed by atoms with Crippen LogP contribution >= 0.6 is 0 Å². The molecule has 90 valence electrons. The molecule has 0 bridgehead atoms. The molecule has 0 heterocycles. The minimum atomic E-state index is -0.515. The normalized spacial score (nSPS) is 10.1. The van der Waals surface area contributed by atoms with Gasteiger partial charge in [0.1, 0.15) is 11.9 Å². The zero-order valence-electron chi connectivity index (χ0n) is 9.94. The second kappa shape index (κ2) is 4.99. The molecule has 0 saturated heterocycles. The number of benzene rings is 2. The topological polar surface area (TPSA) is 44.0 Å². The highest BCUT2D eigenvalue weighted by atomic mass is 19.1. The lowest BCUT2D eigenvalue weighted by atomic mass is 9.99. The van der Waals surface area contributed by atoms with Gasteiger partial charge in [0.15, 0.2) is 0 Å². The Morgan fingerprint density at radius 3 is 2.39 bits per heavy atom. The number of rotatable bonds is 2. The number of nitriles is 1. The summed E-state index contributed by atoms with van der Waals surface area (Å²) in [7, 11) is 0. The van der Waals surface area contributed by atoms with E-state index in [-0.39, 0.29) is 12.2 Å². The molecule has 0 radical (unpaired) electrons. The number of aryl methyl sites for hydroxylation is 1. The van der Waals surface area contributed by atoms with Crippen molar-refractivity contribution in [3.63, 3.8) is 0 Å². The molecule has 0 amide bonds. The predicted octanol–water partition coefficient (Wildman–Crippen LogP) is 3.17. The van der Waals surface area contributed by atoms with Crippen LogP contribution in [0.25, 0.3) is 11.1 Å². The minimum absolute atomic E-state index is 0.00611. The largest absolute Gasteiger partial charge is 0.392 e. The van der Waals surface area contributed by atoms with E-state index in [4.69, 9.17) is 10.4 Å². The van der Waals surface area contributed by atoms with Gasteiger partial charge in [0.05, 0.1) is 12.2 Å². The van der Waals surface area contributed by atoms with Gasteiger partial charge >= 0.3 is 0 Å². The molecule has 1 N–H and O–H groups in total. The van der Waals surface area contributed by atoms with E-state index >= 15 is 0 Å². The van der Waals surface area contributed by atoms with Gasteiger partial charge in [-0.1, -0.05) is 24.3 Å². The molecule has 0 aliphatic rings. The quantitative estimate of drug-likeness (QED) is 0.877. The fourth-order valence-corrected chi connectivity index (χ4v) is 1.84. The highest BCUT2D eigenvalue weighted by Crippen LogP contribution is 2.24. The summed E-state index contributed by atoms with van der Waals surface area (Å²) < 4.78 is 13.5. The first-order chi connectivity index (χ1) is 8.65. The summed E-state index contributed by atoms with van der Waals surface area (Å²) in [6.07, 6.45) is 0. The number of halogens is 1. The third-order valence-corrected chi connectivity index (χ3v) is 2.94. The Hall–Kier alpha value is -2.18. The maximum atomic E-state index is 13.5. The molecule has 2 aromatic rings. The predicted molar refractivity (Wildman–Crippen MR) is 67.2 cm³/mol. The van der Waals surface area contributed by atoms with Crippen LogP contribution in [0.1, 0.15) is 16.7 Å². The van der Waals surface area contributed by atoms with Gasteiger partial charge in [0.25, 0.3) is 0 Å². The average Bonchev–Trinajstić information content (AvgIpc) is 2.38. The Labute approximate surface area is 105 Å². The zero-order valence-corrected chi connectivity index (χ0v) is 9.94. The molecule has 0 fully saturated rings. The molecule has 0 atom stereocenters. The van der Waals surface area contributed by atoms with Crippen molar-refractivity contribution in [2.24, 2.45) is 0 Å². The molecular weight excluding hydrogens is 229 g/mol. The maximum absolute atomic E-state index is 13.5. The summed E-state index contributed by atoms with van der Waals surface area (Å²) in [5.74, 6) is -0.515. The Balaban J connectivity index is 2.46. The standard InChI is InChI=1S/C15H12FNO/c1-10-6-11(3-5-14(10)9-18)12-2-4-13(8-17)15(16)7-12/h2-7,18H,9H2,1H3. The average molecular weight is 241 g/mol. The lowest BCUT2D eigenvalue weighted by Gasteiger charge is -2.07. The lowest BCUT2D eigenvalue weighted by molar-refractivity contribution is 0.281. The first-order valence-electron chi connectivity index (χ1n) is 5.56. The summed E-state index contributed by atoms with van der Waals surface area (Å²) in [6, 6.07) is 11.9. The van der Waals surface area contributed by atoms with Crippen LogP contribution in [-0.4, -0.2) is 5.11 Å². The van der Waals surface area contributed by atoms with Gasteiger partial charge in [0.2, 0.25) is 0 Å². The Morgan fingerprint density at radius 2 is 1.83 bits per heavy atom. The monoisotopic (exact) mass is 241 g/mol. The number of aliphatic hydroxyl groups excluding tert-OH is 1. The lowest BCUT2D eigenvalue weighted by Crippen LogP contribution is -1.90. The van der Waals surface area contributed by atoms with E-state index in [1.807, 2.05) is 25.1 Å². The van der Waals surface area contributed by atoms with Gasteiger partial charge in [0, 0.05) is 0 Å². The molecule has 0 unspecified atom stereocenters. The maximum Gasteiger partial charge on any atom is 0.141 e. The van der Waals surface area contributed by atoms with Gasteiger partial charge in [-0.3, -0.25) is 0 Å². The van der Waals surface area contributed by atoms with E-state index in [1.54, 1.807) is 12.1 Å². The Bertz CT molecular complexity index is 629. The number of aliphatic hydroxyl groups is 1. The molecular formula is C15H12FNO. The molecule has 18 heavy (non-hydrogen) atoms. The van der Waals surface area contributed by atoms with Gasteiger partial charge in [-0.15, -0.1) is 0 Å². The van der Waals surface area contributed by atoms with Crippen molar-refractivity contribution < 1.29 is 9.50 Å². The van der Waals surface area contributed by atoms with Crippen LogP contribution in [0.5, 0.6) is 0 Å². The van der Waals surface area contributed by atoms with E-state index in [1.165, 1.54) is 12.1 Å².